The fourth-order valence-electron chi connectivity index (χ4n) is 0.313. The molecule has 0 saturated carbocycles. The minimum Gasteiger partial charge on any atom is -0.469 e. The minimum atomic E-state index is -4.17. The van der Waals surface area contributed by atoms with Gasteiger partial charge in [0.05, 0.1) is 13.7 Å². The zero-order valence-corrected chi connectivity index (χ0v) is 8.78. The Hall–Kier alpha value is -0.420. The van der Waals surface area contributed by atoms with Crippen LogP contribution in [-0.4, -0.2) is 29.5 Å². The predicted octanol–water partition coefficient (Wildman–Crippen LogP) is 0.685. The molecule has 0 aromatic heterocycles. The van der Waals surface area contributed by atoms with E-state index in [1.807, 2.05) is 0 Å². The Morgan fingerprint density at radius 1 is 1.38 bits per heavy atom. The summed E-state index contributed by atoms with van der Waals surface area (Å²) in [5.74, 6) is -0.157. The Morgan fingerprint density at radius 2 is 1.85 bits per heavy atom. The number of methoxy groups -OCH3 is 1. The average Bonchev–Trinajstić information content (AvgIpc) is 2.02. The molecule has 6 nitrogen and oxygen atoms in total. The summed E-state index contributed by atoms with van der Waals surface area (Å²) in [7, 11) is -2.78. The van der Waals surface area contributed by atoms with E-state index in [0.717, 1.165) is 0 Å². The van der Waals surface area contributed by atoms with Gasteiger partial charge in [-0.2, -0.15) is 0 Å². The predicted molar refractivity (Wildman–Crippen MR) is 46.0 cm³/mol. The summed E-state index contributed by atoms with van der Waals surface area (Å²) in [6.45, 7) is 3.31. The summed E-state index contributed by atoms with van der Waals surface area (Å²) in [4.78, 5) is 25.8. The SMILES string of the molecule is CCC(=O)OC.CCOP(=O)(O)O. The van der Waals surface area contributed by atoms with Gasteiger partial charge in [0.25, 0.3) is 0 Å². The number of rotatable bonds is 3. The zero-order valence-electron chi connectivity index (χ0n) is 7.89. The van der Waals surface area contributed by atoms with Crippen molar-refractivity contribution in [1.82, 2.24) is 0 Å². The van der Waals surface area contributed by atoms with E-state index in [1.165, 1.54) is 14.0 Å². The first kappa shape index (κ1) is 15.1. The van der Waals surface area contributed by atoms with Crippen LogP contribution in [0.15, 0.2) is 0 Å². The molecule has 0 aromatic carbocycles. The van der Waals surface area contributed by atoms with E-state index in [0.29, 0.717) is 6.42 Å². The maximum Gasteiger partial charge on any atom is 0.469 e. The third-order valence-electron chi connectivity index (χ3n) is 0.814. The second kappa shape index (κ2) is 8.19. The molecule has 0 atom stereocenters. The van der Waals surface area contributed by atoms with Gasteiger partial charge in [0.2, 0.25) is 0 Å². The molecule has 0 aromatic rings. The number of carbonyl (C=O) groups excluding carboxylic acids is 1. The fraction of sp³-hybridized carbons (Fsp3) is 0.833. The van der Waals surface area contributed by atoms with E-state index in [4.69, 9.17) is 9.79 Å². The largest absolute Gasteiger partial charge is 0.469 e. The number of hydrogen-bond acceptors (Lipinski definition) is 4. The summed E-state index contributed by atoms with van der Waals surface area (Å²) in [5.41, 5.74) is 0. The first-order valence-corrected chi connectivity index (χ1v) is 5.17. The Labute approximate surface area is 77.1 Å². The van der Waals surface area contributed by atoms with Gasteiger partial charge in [-0.25, -0.2) is 4.57 Å². The van der Waals surface area contributed by atoms with Crippen LogP contribution in [0.5, 0.6) is 0 Å². The molecule has 2 N–H and O–H groups in total. The number of ether oxygens (including phenoxy) is 1. The number of hydrogen-bond donors (Lipinski definition) is 2. The molecular formula is C6H15O6P. The highest BCUT2D eigenvalue weighted by molar-refractivity contribution is 7.46. The molecule has 7 heteroatoms. The molecule has 0 fully saturated rings. The van der Waals surface area contributed by atoms with Gasteiger partial charge in [0.15, 0.2) is 0 Å². The van der Waals surface area contributed by atoms with Crippen molar-refractivity contribution in [3.8, 4) is 0 Å². The fourth-order valence-corrected chi connectivity index (χ4v) is 0.649. The second-order valence-corrected chi connectivity index (χ2v) is 3.08. The molecule has 0 amide bonds. The van der Waals surface area contributed by atoms with Crippen molar-refractivity contribution >= 4 is 13.8 Å². The number of phosphoric acid groups is 1. The van der Waals surface area contributed by atoms with Crippen molar-refractivity contribution in [2.24, 2.45) is 0 Å². The normalized spacial score (nSPS) is 9.92. The van der Waals surface area contributed by atoms with Crippen LogP contribution in [0.25, 0.3) is 0 Å². The standard InChI is InChI=1S/C4H8O2.C2H7O4P/c1-3-4(5)6-2;1-2-6-7(3,4)5/h3H2,1-2H3;2H2,1H3,(H2,3,4,5). The van der Waals surface area contributed by atoms with Crippen LogP contribution in [0.1, 0.15) is 20.3 Å². The first-order valence-electron chi connectivity index (χ1n) is 3.64. The van der Waals surface area contributed by atoms with Gasteiger partial charge in [0, 0.05) is 6.42 Å². The van der Waals surface area contributed by atoms with Gasteiger partial charge in [-0.3, -0.25) is 9.32 Å². The summed E-state index contributed by atoms with van der Waals surface area (Å²) >= 11 is 0. The Kier molecular flexibility index (Phi) is 9.50. The lowest BCUT2D eigenvalue weighted by Gasteiger charge is -1.98. The maximum absolute atomic E-state index is 9.96. The van der Waals surface area contributed by atoms with E-state index in [-0.39, 0.29) is 12.6 Å². The van der Waals surface area contributed by atoms with E-state index in [9.17, 15) is 9.36 Å². The van der Waals surface area contributed by atoms with Gasteiger partial charge in [-0.1, -0.05) is 6.92 Å². The van der Waals surface area contributed by atoms with Gasteiger partial charge < -0.3 is 14.5 Å². The van der Waals surface area contributed by atoms with Crippen LogP contribution in [0, 0.1) is 0 Å². The van der Waals surface area contributed by atoms with Crippen LogP contribution in [-0.2, 0) is 18.6 Å². The van der Waals surface area contributed by atoms with Crippen LogP contribution in [0.2, 0.25) is 0 Å². The highest BCUT2D eigenvalue weighted by Gasteiger charge is 2.10. The lowest BCUT2D eigenvalue weighted by molar-refractivity contribution is -0.140. The molecule has 0 spiro atoms. The van der Waals surface area contributed by atoms with E-state index >= 15 is 0 Å². The number of esters is 1. The quantitative estimate of drug-likeness (QED) is 0.530. The summed E-state index contributed by atoms with van der Waals surface area (Å²) < 4.78 is 17.9. The molecule has 80 valence electrons. The first-order chi connectivity index (χ1) is 5.87. The van der Waals surface area contributed by atoms with E-state index in [1.54, 1.807) is 6.92 Å². The Bertz CT molecular complexity index is 168. The monoisotopic (exact) mass is 214 g/mol. The van der Waals surface area contributed by atoms with E-state index in [2.05, 4.69) is 9.26 Å². The molecule has 0 rings (SSSR count). The third kappa shape index (κ3) is 18.5. The van der Waals surface area contributed by atoms with Gasteiger partial charge in [-0.15, -0.1) is 0 Å². The minimum absolute atomic E-state index is 0.0459. The van der Waals surface area contributed by atoms with Gasteiger partial charge >= 0.3 is 13.8 Å². The molecule has 0 aliphatic rings. The smallest absolute Gasteiger partial charge is 0.469 e. The zero-order chi connectivity index (χ0) is 10.9. The molecule has 0 aliphatic heterocycles. The third-order valence-corrected chi connectivity index (χ3v) is 1.41. The Morgan fingerprint density at radius 3 is 1.85 bits per heavy atom. The molecule has 0 bridgehead atoms. The summed E-state index contributed by atoms with van der Waals surface area (Å²) in [5, 5.41) is 0. The van der Waals surface area contributed by atoms with Crippen molar-refractivity contribution in [2.45, 2.75) is 20.3 Å². The average molecular weight is 214 g/mol. The molecule has 0 unspecified atom stereocenters. The van der Waals surface area contributed by atoms with Gasteiger partial charge in [-0.05, 0) is 6.92 Å². The van der Waals surface area contributed by atoms with Gasteiger partial charge in [0.1, 0.15) is 0 Å². The topological polar surface area (TPSA) is 93.1 Å². The second-order valence-electron chi connectivity index (χ2n) is 1.84. The van der Waals surface area contributed by atoms with Crippen molar-refractivity contribution in [3.05, 3.63) is 0 Å². The van der Waals surface area contributed by atoms with Crippen molar-refractivity contribution in [2.75, 3.05) is 13.7 Å². The Balaban J connectivity index is 0. The summed E-state index contributed by atoms with van der Waals surface area (Å²) in [6, 6.07) is 0. The lowest BCUT2D eigenvalue weighted by atomic mass is 10.5. The maximum atomic E-state index is 9.96. The van der Waals surface area contributed by atoms with Crippen LogP contribution < -0.4 is 0 Å². The van der Waals surface area contributed by atoms with Crippen molar-refractivity contribution < 1.29 is 28.4 Å². The molecule has 0 aliphatic carbocycles. The lowest BCUT2D eigenvalue weighted by Crippen LogP contribution is -1.94. The van der Waals surface area contributed by atoms with E-state index < -0.39 is 7.82 Å². The molecule has 0 saturated heterocycles. The molecule has 0 heterocycles. The molecule has 13 heavy (non-hydrogen) atoms. The molecule has 0 radical (unpaired) electrons. The number of phosphoric ester groups is 1. The number of carbonyl (C=O) groups is 1. The summed E-state index contributed by atoms with van der Waals surface area (Å²) in [6.07, 6.45) is 0.469. The highest BCUT2D eigenvalue weighted by Crippen LogP contribution is 2.34. The molecular weight excluding hydrogens is 199 g/mol. The van der Waals surface area contributed by atoms with Crippen LogP contribution in [0.4, 0.5) is 0 Å². The highest BCUT2D eigenvalue weighted by atomic mass is 31.2. The van der Waals surface area contributed by atoms with Crippen LogP contribution >= 0.6 is 7.82 Å². The van der Waals surface area contributed by atoms with Crippen LogP contribution in [0.3, 0.4) is 0 Å². The van der Waals surface area contributed by atoms with Crippen molar-refractivity contribution in [1.29, 1.82) is 0 Å². The van der Waals surface area contributed by atoms with Crippen molar-refractivity contribution in [3.63, 3.8) is 0 Å².